The average Bonchev–Trinajstić information content (AvgIpc) is 2.87. The molecule has 4 rings (SSSR count). The zero-order chi connectivity index (χ0) is 22.9. The summed E-state index contributed by atoms with van der Waals surface area (Å²) in [6.07, 6.45) is 0. The Hall–Kier alpha value is -3.96. The van der Waals surface area contributed by atoms with Crippen LogP contribution in [-0.2, 0) is 13.2 Å². The van der Waals surface area contributed by atoms with Gasteiger partial charge in [-0.05, 0) is 35.4 Å². The van der Waals surface area contributed by atoms with E-state index in [1.807, 2.05) is 121 Å². The van der Waals surface area contributed by atoms with Crippen LogP contribution in [0.2, 0.25) is 0 Å². The number of ether oxygens (including phenoxy) is 2. The number of hydrogen-bond acceptors (Lipinski definition) is 3. The maximum Gasteiger partial charge on any atom is 0.200 e. The Bertz CT molecular complexity index is 1200. The molecule has 0 aliphatic rings. The quantitative estimate of drug-likeness (QED) is 0.239. The maximum atomic E-state index is 6.31. The standard InChI is InChI=1S/C28H27N3O2.ClH/c1-31(25-15-9-17-27(19-25)33-21-23-12-6-3-7-13-23)28(29)30-24-14-8-16-26(18-24)32-20-22-10-4-2-5-11-22;/h2-19H,20-21H2,1H3,(H2,29,30);1H. The molecular formula is C28H28ClN3O2. The van der Waals surface area contributed by atoms with Gasteiger partial charge in [0, 0.05) is 24.9 Å². The normalized spacial score (nSPS) is 10.8. The van der Waals surface area contributed by atoms with Gasteiger partial charge in [0.05, 0.1) is 5.69 Å². The highest BCUT2D eigenvalue weighted by atomic mass is 35.5. The Morgan fingerprint density at radius 1 is 0.706 bits per heavy atom. The first kappa shape index (κ1) is 24.7. The summed E-state index contributed by atoms with van der Waals surface area (Å²) in [5.41, 5.74) is 10.1. The van der Waals surface area contributed by atoms with Crippen molar-refractivity contribution in [1.82, 2.24) is 0 Å². The second kappa shape index (κ2) is 12.3. The molecule has 174 valence electrons. The van der Waals surface area contributed by atoms with Crippen LogP contribution in [0.1, 0.15) is 11.1 Å². The minimum atomic E-state index is 0. The summed E-state index contributed by atoms with van der Waals surface area (Å²) < 4.78 is 11.8. The molecule has 0 fully saturated rings. The summed E-state index contributed by atoms with van der Waals surface area (Å²) in [5, 5.41) is 0. The van der Waals surface area contributed by atoms with E-state index in [0.717, 1.165) is 34.0 Å². The molecule has 0 aliphatic carbocycles. The van der Waals surface area contributed by atoms with Crippen LogP contribution in [0.15, 0.2) is 114 Å². The summed E-state index contributed by atoms with van der Waals surface area (Å²) in [7, 11) is 1.88. The number of benzene rings is 4. The van der Waals surface area contributed by atoms with Crippen LogP contribution < -0.4 is 20.1 Å². The van der Waals surface area contributed by atoms with Crippen LogP contribution in [0, 0.1) is 0 Å². The van der Waals surface area contributed by atoms with Gasteiger partial charge >= 0.3 is 0 Å². The predicted octanol–water partition coefficient (Wildman–Crippen LogP) is 6.35. The number of halogens is 1. The van der Waals surface area contributed by atoms with Crippen molar-refractivity contribution in [2.45, 2.75) is 13.2 Å². The topological polar surface area (TPSA) is 60.1 Å². The summed E-state index contributed by atoms with van der Waals surface area (Å²) in [4.78, 5) is 6.40. The molecule has 4 aromatic carbocycles. The second-order valence-electron chi connectivity index (χ2n) is 7.57. The molecule has 0 aromatic heterocycles. The van der Waals surface area contributed by atoms with Crippen LogP contribution in [0.3, 0.4) is 0 Å². The van der Waals surface area contributed by atoms with E-state index in [4.69, 9.17) is 15.2 Å². The second-order valence-corrected chi connectivity index (χ2v) is 7.57. The van der Waals surface area contributed by atoms with Gasteiger partial charge < -0.3 is 20.1 Å². The first-order valence-electron chi connectivity index (χ1n) is 10.8. The summed E-state index contributed by atoms with van der Waals surface area (Å²) in [6.45, 7) is 1.01. The van der Waals surface area contributed by atoms with Crippen molar-refractivity contribution in [2.75, 3.05) is 11.9 Å². The van der Waals surface area contributed by atoms with Crippen LogP contribution in [0.4, 0.5) is 11.4 Å². The van der Waals surface area contributed by atoms with E-state index in [1.54, 1.807) is 0 Å². The third-order valence-electron chi connectivity index (χ3n) is 5.11. The van der Waals surface area contributed by atoms with Gasteiger partial charge in [-0.25, -0.2) is 4.99 Å². The first-order chi connectivity index (χ1) is 16.2. The number of anilines is 1. The molecule has 0 unspecified atom stereocenters. The smallest absolute Gasteiger partial charge is 0.200 e. The van der Waals surface area contributed by atoms with Crippen molar-refractivity contribution in [3.05, 3.63) is 120 Å². The number of hydrogen-bond donors (Lipinski definition) is 1. The van der Waals surface area contributed by atoms with E-state index in [1.165, 1.54) is 0 Å². The zero-order valence-electron chi connectivity index (χ0n) is 19.0. The van der Waals surface area contributed by atoms with Gasteiger partial charge in [0.1, 0.15) is 24.7 Å². The molecular weight excluding hydrogens is 446 g/mol. The molecule has 0 saturated carbocycles. The Morgan fingerprint density at radius 2 is 1.24 bits per heavy atom. The largest absolute Gasteiger partial charge is 0.489 e. The van der Waals surface area contributed by atoms with Gasteiger partial charge in [-0.2, -0.15) is 0 Å². The third kappa shape index (κ3) is 7.02. The van der Waals surface area contributed by atoms with Gasteiger partial charge in [0.25, 0.3) is 0 Å². The highest BCUT2D eigenvalue weighted by molar-refractivity contribution is 5.96. The van der Waals surface area contributed by atoms with Gasteiger partial charge in [0.2, 0.25) is 5.96 Å². The molecule has 0 atom stereocenters. The van der Waals surface area contributed by atoms with E-state index in [-0.39, 0.29) is 12.4 Å². The molecule has 5 nitrogen and oxygen atoms in total. The van der Waals surface area contributed by atoms with E-state index in [2.05, 4.69) is 4.99 Å². The van der Waals surface area contributed by atoms with E-state index < -0.39 is 0 Å². The minimum absolute atomic E-state index is 0. The fourth-order valence-electron chi connectivity index (χ4n) is 3.25. The summed E-state index contributed by atoms with van der Waals surface area (Å²) in [6, 6.07) is 35.5. The molecule has 0 amide bonds. The third-order valence-corrected chi connectivity index (χ3v) is 5.11. The minimum Gasteiger partial charge on any atom is -0.489 e. The van der Waals surface area contributed by atoms with Crippen LogP contribution in [-0.4, -0.2) is 13.0 Å². The van der Waals surface area contributed by atoms with Crippen LogP contribution >= 0.6 is 12.4 Å². The fourth-order valence-corrected chi connectivity index (χ4v) is 3.25. The molecule has 0 bridgehead atoms. The van der Waals surface area contributed by atoms with Crippen molar-refractivity contribution < 1.29 is 9.47 Å². The van der Waals surface area contributed by atoms with Gasteiger partial charge in [-0.1, -0.05) is 72.8 Å². The van der Waals surface area contributed by atoms with E-state index in [0.29, 0.717) is 19.2 Å². The first-order valence-corrected chi connectivity index (χ1v) is 10.8. The predicted molar refractivity (Wildman–Crippen MR) is 141 cm³/mol. The van der Waals surface area contributed by atoms with Gasteiger partial charge in [-0.3, -0.25) is 0 Å². The molecule has 0 radical (unpaired) electrons. The molecule has 6 heteroatoms. The highest BCUT2D eigenvalue weighted by Crippen LogP contribution is 2.24. The molecule has 0 heterocycles. The van der Waals surface area contributed by atoms with Crippen molar-refractivity contribution in [3.8, 4) is 11.5 Å². The van der Waals surface area contributed by atoms with E-state index in [9.17, 15) is 0 Å². The molecule has 0 spiro atoms. The number of aliphatic imine (C=N–C) groups is 1. The molecule has 0 saturated heterocycles. The number of rotatable bonds is 8. The molecule has 34 heavy (non-hydrogen) atoms. The van der Waals surface area contributed by atoms with Crippen molar-refractivity contribution in [3.63, 3.8) is 0 Å². The number of guanidine groups is 1. The number of nitrogens with two attached hydrogens (primary N) is 1. The lowest BCUT2D eigenvalue weighted by Crippen LogP contribution is -2.33. The lowest BCUT2D eigenvalue weighted by Gasteiger charge is -2.19. The zero-order valence-corrected chi connectivity index (χ0v) is 19.8. The Morgan fingerprint density at radius 3 is 1.82 bits per heavy atom. The maximum absolute atomic E-state index is 6.31. The SMILES string of the molecule is CN(C(N)=Nc1cccc(OCc2ccccc2)c1)c1cccc(OCc2ccccc2)c1.Cl. The van der Waals surface area contributed by atoms with Crippen molar-refractivity contribution >= 4 is 29.7 Å². The molecule has 2 N–H and O–H groups in total. The Kier molecular flexibility index (Phi) is 8.95. The lowest BCUT2D eigenvalue weighted by atomic mass is 10.2. The van der Waals surface area contributed by atoms with Crippen LogP contribution in [0.5, 0.6) is 11.5 Å². The monoisotopic (exact) mass is 473 g/mol. The molecule has 4 aromatic rings. The summed E-state index contributed by atoms with van der Waals surface area (Å²) >= 11 is 0. The van der Waals surface area contributed by atoms with Gasteiger partial charge in [0.15, 0.2) is 0 Å². The van der Waals surface area contributed by atoms with Crippen molar-refractivity contribution in [2.24, 2.45) is 10.7 Å². The van der Waals surface area contributed by atoms with Gasteiger partial charge in [-0.15, -0.1) is 12.4 Å². The molecule has 0 aliphatic heterocycles. The summed E-state index contributed by atoms with van der Waals surface area (Å²) in [5.74, 6) is 1.88. The highest BCUT2D eigenvalue weighted by Gasteiger charge is 2.08. The number of nitrogens with zero attached hydrogens (tertiary/aromatic N) is 2. The Labute approximate surface area is 206 Å². The van der Waals surface area contributed by atoms with E-state index >= 15 is 0 Å². The fraction of sp³-hybridized carbons (Fsp3) is 0.107. The average molecular weight is 474 g/mol. The van der Waals surface area contributed by atoms with Crippen molar-refractivity contribution in [1.29, 1.82) is 0 Å². The Balaban J connectivity index is 0.00000324. The van der Waals surface area contributed by atoms with Crippen LogP contribution in [0.25, 0.3) is 0 Å². The lowest BCUT2D eigenvalue weighted by molar-refractivity contribution is 0.306.